The average Bonchev–Trinajstić information content (AvgIpc) is 3.51. The number of carbonyl (C=O) groups excluding carboxylic acids is 2. The van der Waals surface area contributed by atoms with E-state index in [9.17, 15) is 9.59 Å². The number of nitrogens with zero attached hydrogens (tertiary/aromatic N) is 1. The number of fused-ring (bicyclic) bond motifs is 1. The smallest absolute Gasteiger partial charge is 0.251 e. The van der Waals surface area contributed by atoms with E-state index in [1.807, 2.05) is 42.5 Å². The van der Waals surface area contributed by atoms with Crippen molar-refractivity contribution >= 4 is 28.5 Å². The number of rotatable bonds is 5. The van der Waals surface area contributed by atoms with Crippen LogP contribution in [0.4, 0.5) is 5.69 Å². The molecule has 2 atom stereocenters. The molecular formula is C27H32N4O2. The van der Waals surface area contributed by atoms with E-state index >= 15 is 0 Å². The molecule has 0 bridgehead atoms. The highest BCUT2D eigenvalue weighted by Gasteiger charge is 2.24. The maximum absolute atomic E-state index is 12.8. The first kappa shape index (κ1) is 21.7. The molecule has 2 amide bonds. The van der Waals surface area contributed by atoms with E-state index in [-0.39, 0.29) is 23.8 Å². The predicted octanol–water partition coefficient (Wildman–Crippen LogP) is 5.67. The quantitative estimate of drug-likeness (QED) is 0.474. The summed E-state index contributed by atoms with van der Waals surface area (Å²) in [6, 6.07) is 13.6. The highest BCUT2D eigenvalue weighted by atomic mass is 16.2. The second-order valence-corrected chi connectivity index (χ2v) is 9.71. The van der Waals surface area contributed by atoms with Gasteiger partial charge in [-0.15, -0.1) is 0 Å². The second kappa shape index (κ2) is 9.38. The SMILES string of the molecule is CC1CCCCC1NC(=O)c1ccc2nc(-c3ccc(NC(=O)C4CCCC4)cc3)[nH]c2c1. The van der Waals surface area contributed by atoms with Gasteiger partial charge in [-0.25, -0.2) is 4.98 Å². The predicted molar refractivity (Wildman–Crippen MR) is 131 cm³/mol. The topological polar surface area (TPSA) is 86.9 Å². The standard InChI is InChI=1S/C27H32N4O2/c1-17-6-2-5-9-22(17)31-27(33)20-12-15-23-24(16-20)30-25(29-23)18-10-13-21(14-11-18)28-26(32)19-7-3-4-8-19/h10-17,19,22H,2-9H2,1H3,(H,28,32)(H,29,30)(H,31,33). The Kier molecular flexibility index (Phi) is 6.16. The molecule has 3 N–H and O–H groups in total. The summed E-state index contributed by atoms with van der Waals surface area (Å²) in [5, 5.41) is 6.25. The molecule has 5 rings (SSSR count). The van der Waals surface area contributed by atoms with Crippen LogP contribution in [0, 0.1) is 11.8 Å². The maximum atomic E-state index is 12.8. The third kappa shape index (κ3) is 4.80. The first-order valence-corrected chi connectivity index (χ1v) is 12.3. The van der Waals surface area contributed by atoms with Crippen molar-refractivity contribution in [3.8, 4) is 11.4 Å². The van der Waals surface area contributed by atoms with Crippen molar-refractivity contribution in [2.45, 2.75) is 64.3 Å². The Balaban J connectivity index is 1.28. The number of hydrogen-bond donors (Lipinski definition) is 3. The van der Waals surface area contributed by atoms with Crippen LogP contribution >= 0.6 is 0 Å². The molecule has 2 fully saturated rings. The zero-order chi connectivity index (χ0) is 22.8. The Morgan fingerprint density at radius 2 is 1.67 bits per heavy atom. The summed E-state index contributed by atoms with van der Waals surface area (Å²) >= 11 is 0. The Bertz CT molecular complexity index is 1140. The van der Waals surface area contributed by atoms with Crippen LogP contribution in [-0.2, 0) is 4.79 Å². The highest BCUT2D eigenvalue weighted by molar-refractivity contribution is 5.98. The number of carbonyl (C=O) groups is 2. The number of nitrogens with one attached hydrogen (secondary N) is 3. The summed E-state index contributed by atoms with van der Waals surface area (Å²) < 4.78 is 0. The number of hydrogen-bond acceptors (Lipinski definition) is 3. The van der Waals surface area contributed by atoms with Crippen LogP contribution in [0.1, 0.15) is 68.6 Å². The monoisotopic (exact) mass is 444 g/mol. The van der Waals surface area contributed by atoms with E-state index < -0.39 is 0 Å². The van der Waals surface area contributed by atoms with Crippen molar-refractivity contribution in [3.63, 3.8) is 0 Å². The second-order valence-electron chi connectivity index (χ2n) is 9.71. The number of aromatic amines is 1. The molecule has 6 nitrogen and oxygen atoms in total. The van der Waals surface area contributed by atoms with Crippen LogP contribution in [0.15, 0.2) is 42.5 Å². The molecule has 2 unspecified atom stereocenters. The van der Waals surface area contributed by atoms with Gasteiger partial charge in [0.05, 0.1) is 11.0 Å². The minimum Gasteiger partial charge on any atom is -0.349 e. The van der Waals surface area contributed by atoms with E-state index in [1.165, 1.54) is 19.3 Å². The van der Waals surface area contributed by atoms with E-state index in [1.54, 1.807) is 0 Å². The van der Waals surface area contributed by atoms with Gasteiger partial charge in [0.15, 0.2) is 0 Å². The Labute approximate surface area is 194 Å². The van der Waals surface area contributed by atoms with Crippen molar-refractivity contribution < 1.29 is 9.59 Å². The highest BCUT2D eigenvalue weighted by Crippen LogP contribution is 2.28. The van der Waals surface area contributed by atoms with Gasteiger partial charge in [0.2, 0.25) is 5.91 Å². The Hall–Kier alpha value is -3.15. The molecule has 1 aromatic heterocycles. The molecular weight excluding hydrogens is 412 g/mol. The van der Waals surface area contributed by atoms with Crippen LogP contribution in [-0.4, -0.2) is 27.8 Å². The fraction of sp³-hybridized carbons (Fsp3) is 0.444. The van der Waals surface area contributed by atoms with E-state index in [4.69, 9.17) is 4.98 Å². The van der Waals surface area contributed by atoms with Crippen LogP contribution < -0.4 is 10.6 Å². The van der Waals surface area contributed by atoms with Gasteiger partial charge in [-0.3, -0.25) is 9.59 Å². The number of anilines is 1. The lowest BCUT2D eigenvalue weighted by atomic mass is 9.86. The van der Waals surface area contributed by atoms with Crippen LogP contribution in [0.25, 0.3) is 22.4 Å². The molecule has 0 spiro atoms. The van der Waals surface area contributed by atoms with Gasteiger partial charge in [0, 0.05) is 28.8 Å². The number of benzene rings is 2. The van der Waals surface area contributed by atoms with Crippen LogP contribution in [0.5, 0.6) is 0 Å². The molecule has 0 radical (unpaired) electrons. The van der Waals surface area contributed by atoms with Gasteiger partial charge in [0.1, 0.15) is 5.82 Å². The summed E-state index contributed by atoms with van der Waals surface area (Å²) in [5.41, 5.74) is 4.06. The van der Waals surface area contributed by atoms with Crippen molar-refractivity contribution in [1.82, 2.24) is 15.3 Å². The zero-order valence-corrected chi connectivity index (χ0v) is 19.2. The molecule has 2 aliphatic rings. The maximum Gasteiger partial charge on any atom is 0.251 e. The summed E-state index contributed by atoms with van der Waals surface area (Å²) in [6.07, 6.45) is 8.94. The molecule has 1 heterocycles. The van der Waals surface area contributed by atoms with Gasteiger partial charge in [-0.2, -0.15) is 0 Å². The normalized spacial score (nSPS) is 21.2. The molecule has 172 valence electrons. The first-order chi connectivity index (χ1) is 16.1. The van der Waals surface area contributed by atoms with Gasteiger partial charge >= 0.3 is 0 Å². The minimum atomic E-state index is -0.0193. The van der Waals surface area contributed by atoms with Crippen molar-refractivity contribution in [2.24, 2.45) is 11.8 Å². The molecule has 2 aliphatic carbocycles. The Morgan fingerprint density at radius 3 is 2.42 bits per heavy atom. The molecule has 2 aromatic carbocycles. The van der Waals surface area contributed by atoms with Gasteiger partial charge in [0.25, 0.3) is 5.91 Å². The fourth-order valence-corrected chi connectivity index (χ4v) is 5.21. The van der Waals surface area contributed by atoms with Crippen molar-refractivity contribution in [2.75, 3.05) is 5.32 Å². The zero-order valence-electron chi connectivity index (χ0n) is 19.2. The summed E-state index contributed by atoms with van der Waals surface area (Å²) in [4.78, 5) is 33.2. The first-order valence-electron chi connectivity index (χ1n) is 12.3. The molecule has 33 heavy (non-hydrogen) atoms. The number of aromatic nitrogens is 2. The fourth-order valence-electron chi connectivity index (χ4n) is 5.21. The number of H-pyrrole nitrogens is 1. The Morgan fingerprint density at radius 1 is 0.939 bits per heavy atom. The third-order valence-corrected chi connectivity index (χ3v) is 7.32. The van der Waals surface area contributed by atoms with Crippen LogP contribution in [0.3, 0.4) is 0 Å². The van der Waals surface area contributed by atoms with Gasteiger partial charge in [-0.1, -0.05) is 32.6 Å². The number of amides is 2. The molecule has 2 saturated carbocycles. The van der Waals surface area contributed by atoms with Crippen molar-refractivity contribution in [3.05, 3.63) is 48.0 Å². The lowest BCUT2D eigenvalue weighted by Gasteiger charge is -2.29. The molecule has 0 saturated heterocycles. The van der Waals surface area contributed by atoms with Gasteiger partial charge in [-0.05, 0) is 74.1 Å². The third-order valence-electron chi connectivity index (χ3n) is 7.32. The minimum absolute atomic E-state index is 0.0193. The average molecular weight is 445 g/mol. The molecule has 3 aromatic rings. The molecule has 0 aliphatic heterocycles. The summed E-state index contributed by atoms with van der Waals surface area (Å²) in [5.74, 6) is 1.52. The lowest BCUT2D eigenvalue weighted by Crippen LogP contribution is -2.41. The van der Waals surface area contributed by atoms with Crippen LogP contribution in [0.2, 0.25) is 0 Å². The lowest BCUT2D eigenvalue weighted by molar-refractivity contribution is -0.119. The summed E-state index contributed by atoms with van der Waals surface area (Å²) in [6.45, 7) is 2.22. The van der Waals surface area contributed by atoms with E-state index in [0.29, 0.717) is 11.5 Å². The largest absolute Gasteiger partial charge is 0.349 e. The van der Waals surface area contributed by atoms with E-state index in [0.717, 1.165) is 60.2 Å². The number of imidazole rings is 1. The summed E-state index contributed by atoms with van der Waals surface area (Å²) in [7, 11) is 0. The van der Waals surface area contributed by atoms with E-state index in [2.05, 4.69) is 22.5 Å². The van der Waals surface area contributed by atoms with Crippen molar-refractivity contribution in [1.29, 1.82) is 0 Å². The van der Waals surface area contributed by atoms with Gasteiger partial charge < -0.3 is 15.6 Å². The molecule has 6 heteroatoms.